The Morgan fingerprint density at radius 1 is 1.38 bits per heavy atom. The summed E-state index contributed by atoms with van der Waals surface area (Å²) in [5, 5.41) is 5.89. The van der Waals surface area contributed by atoms with E-state index in [-0.39, 0.29) is 11.9 Å². The lowest BCUT2D eigenvalue weighted by atomic mass is 10.1. The average Bonchev–Trinajstić information content (AvgIpc) is 2.59. The van der Waals surface area contributed by atoms with Gasteiger partial charge >= 0.3 is 0 Å². The van der Waals surface area contributed by atoms with Gasteiger partial charge in [0, 0.05) is 6.42 Å². The fraction of sp³-hybridized carbons (Fsp3) is 0.273. The molecule has 5 heteroatoms. The predicted octanol–water partition coefficient (Wildman–Crippen LogP) is 0.611. The first-order chi connectivity index (χ1) is 7.69. The Kier molecular flexibility index (Phi) is 3.05. The van der Waals surface area contributed by atoms with E-state index in [2.05, 4.69) is 10.6 Å². The molecular weight excluding hydrogens is 224 g/mol. The molecule has 2 rings (SSSR count). The molecule has 1 atom stereocenters. The second-order valence-corrected chi connectivity index (χ2v) is 3.98. The van der Waals surface area contributed by atoms with Crippen LogP contribution in [0.15, 0.2) is 24.3 Å². The lowest BCUT2D eigenvalue weighted by Gasteiger charge is -2.08. The van der Waals surface area contributed by atoms with Gasteiger partial charge in [-0.2, -0.15) is 0 Å². The summed E-state index contributed by atoms with van der Waals surface area (Å²) in [6.07, 6.45) is 0.621. The van der Waals surface area contributed by atoms with Crippen LogP contribution in [0.25, 0.3) is 0 Å². The Morgan fingerprint density at radius 2 is 2.06 bits per heavy atom. The maximum Gasteiger partial charge on any atom is 0.249 e. The summed E-state index contributed by atoms with van der Waals surface area (Å²) in [6, 6.07) is 7.37. The zero-order valence-corrected chi connectivity index (χ0v) is 9.64. The molecule has 84 valence electrons. The van der Waals surface area contributed by atoms with Crippen LogP contribution in [0.2, 0.25) is 0 Å². The second kappa shape index (κ2) is 4.49. The van der Waals surface area contributed by atoms with E-state index in [1.807, 2.05) is 24.3 Å². The van der Waals surface area contributed by atoms with Crippen LogP contribution >= 0.6 is 12.2 Å². The summed E-state index contributed by atoms with van der Waals surface area (Å²) in [5.41, 5.74) is 1.07. The van der Waals surface area contributed by atoms with E-state index in [9.17, 15) is 4.79 Å². The summed E-state index contributed by atoms with van der Waals surface area (Å²) < 4.78 is 5.06. The van der Waals surface area contributed by atoms with Gasteiger partial charge in [0.05, 0.1) is 7.11 Å². The van der Waals surface area contributed by atoms with Crippen molar-refractivity contribution >= 4 is 23.2 Å². The van der Waals surface area contributed by atoms with Gasteiger partial charge in [0.15, 0.2) is 5.11 Å². The van der Waals surface area contributed by atoms with Crippen LogP contribution in [0.3, 0.4) is 0 Å². The van der Waals surface area contributed by atoms with Crippen LogP contribution in [0.4, 0.5) is 0 Å². The SMILES string of the molecule is COc1ccc(CC2NC(=S)NC2=O)cc1. The van der Waals surface area contributed by atoms with Crippen molar-refractivity contribution in [3.63, 3.8) is 0 Å². The van der Waals surface area contributed by atoms with Gasteiger partial charge in [-0.25, -0.2) is 0 Å². The molecule has 16 heavy (non-hydrogen) atoms. The van der Waals surface area contributed by atoms with Crippen molar-refractivity contribution in [1.29, 1.82) is 0 Å². The lowest BCUT2D eigenvalue weighted by molar-refractivity contribution is -0.120. The first-order valence-corrected chi connectivity index (χ1v) is 5.34. The molecule has 2 N–H and O–H groups in total. The molecular formula is C11H12N2O2S. The topological polar surface area (TPSA) is 50.4 Å². The van der Waals surface area contributed by atoms with Gasteiger partial charge in [0.2, 0.25) is 5.91 Å². The quantitative estimate of drug-likeness (QED) is 0.755. The molecule has 1 aromatic carbocycles. The summed E-state index contributed by atoms with van der Waals surface area (Å²) in [7, 11) is 1.62. The highest BCUT2D eigenvalue weighted by molar-refractivity contribution is 7.80. The van der Waals surface area contributed by atoms with Gasteiger partial charge < -0.3 is 15.4 Å². The van der Waals surface area contributed by atoms with Crippen molar-refractivity contribution < 1.29 is 9.53 Å². The standard InChI is InChI=1S/C11H12N2O2S/c1-15-8-4-2-7(3-5-8)6-9-10(14)13-11(16)12-9/h2-5,9H,6H2,1H3,(H2,12,13,14,16). The van der Waals surface area contributed by atoms with Crippen molar-refractivity contribution in [1.82, 2.24) is 10.6 Å². The van der Waals surface area contributed by atoms with E-state index in [0.717, 1.165) is 11.3 Å². The van der Waals surface area contributed by atoms with Crippen molar-refractivity contribution in [2.45, 2.75) is 12.5 Å². The third kappa shape index (κ3) is 2.30. The van der Waals surface area contributed by atoms with Crippen LogP contribution < -0.4 is 15.4 Å². The van der Waals surface area contributed by atoms with E-state index < -0.39 is 0 Å². The number of hydrogen-bond donors (Lipinski definition) is 2. The largest absolute Gasteiger partial charge is 0.497 e. The first-order valence-electron chi connectivity index (χ1n) is 4.93. The highest BCUT2D eigenvalue weighted by Crippen LogP contribution is 2.13. The van der Waals surface area contributed by atoms with Crippen molar-refractivity contribution in [3.8, 4) is 5.75 Å². The smallest absolute Gasteiger partial charge is 0.249 e. The van der Waals surface area contributed by atoms with Gasteiger partial charge in [-0.3, -0.25) is 4.79 Å². The maximum atomic E-state index is 11.4. The minimum atomic E-state index is -0.263. The lowest BCUT2D eigenvalue weighted by Crippen LogP contribution is -2.30. The fourth-order valence-electron chi connectivity index (χ4n) is 1.60. The molecule has 1 heterocycles. The van der Waals surface area contributed by atoms with Gasteiger partial charge in [-0.15, -0.1) is 0 Å². The van der Waals surface area contributed by atoms with Crippen LogP contribution in [0, 0.1) is 0 Å². The summed E-state index contributed by atoms with van der Waals surface area (Å²) in [4.78, 5) is 11.4. The normalized spacial score (nSPS) is 19.2. The number of methoxy groups -OCH3 is 1. The molecule has 1 unspecified atom stereocenters. The van der Waals surface area contributed by atoms with Crippen molar-refractivity contribution in [3.05, 3.63) is 29.8 Å². The Labute approximate surface area is 99.0 Å². The van der Waals surface area contributed by atoms with Crippen LogP contribution in [-0.2, 0) is 11.2 Å². The molecule has 4 nitrogen and oxygen atoms in total. The highest BCUT2D eigenvalue weighted by atomic mass is 32.1. The molecule has 1 aliphatic rings. The molecule has 1 aliphatic heterocycles. The second-order valence-electron chi connectivity index (χ2n) is 3.57. The van der Waals surface area contributed by atoms with E-state index >= 15 is 0 Å². The average molecular weight is 236 g/mol. The maximum absolute atomic E-state index is 11.4. The molecule has 0 saturated carbocycles. The molecule has 1 fully saturated rings. The first kappa shape index (κ1) is 10.9. The number of thiocarbonyl (C=S) groups is 1. The number of carbonyl (C=O) groups is 1. The molecule has 1 amide bonds. The molecule has 1 aromatic rings. The van der Waals surface area contributed by atoms with Gasteiger partial charge in [0.25, 0.3) is 0 Å². The Balaban J connectivity index is 2.03. The van der Waals surface area contributed by atoms with Gasteiger partial charge in [-0.05, 0) is 29.9 Å². The molecule has 1 saturated heterocycles. The molecule has 0 aromatic heterocycles. The molecule has 0 aliphatic carbocycles. The number of nitrogens with one attached hydrogen (secondary N) is 2. The van der Waals surface area contributed by atoms with E-state index in [4.69, 9.17) is 17.0 Å². The number of rotatable bonds is 3. The number of carbonyl (C=O) groups excluding carboxylic acids is 1. The van der Waals surface area contributed by atoms with Crippen LogP contribution in [0.5, 0.6) is 5.75 Å². The summed E-state index contributed by atoms with van der Waals surface area (Å²) in [5.74, 6) is 0.740. The molecule has 0 radical (unpaired) electrons. The Hall–Kier alpha value is -1.62. The predicted molar refractivity (Wildman–Crippen MR) is 64.4 cm³/mol. The minimum Gasteiger partial charge on any atom is -0.497 e. The highest BCUT2D eigenvalue weighted by Gasteiger charge is 2.26. The molecule has 0 spiro atoms. The number of benzene rings is 1. The third-order valence-electron chi connectivity index (χ3n) is 2.46. The summed E-state index contributed by atoms with van der Waals surface area (Å²) in [6.45, 7) is 0. The van der Waals surface area contributed by atoms with E-state index in [1.54, 1.807) is 7.11 Å². The van der Waals surface area contributed by atoms with Crippen LogP contribution in [-0.4, -0.2) is 24.2 Å². The fourth-order valence-corrected chi connectivity index (χ4v) is 1.84. The zero-order valence-electron chi connectivity index (χ0n) is 8.82. The minimum absolute atomic E-state index is 0.0687. The zero-order chi connectivity index (χ0) is 11.5. The third-order valence-corrected chi connectivity index (χ3v) is 2.68. The van der Waals surface area contributed by atoms with Crippen LogP contribution in [0.1, 0.15) is 5.56 Å². The number of amides is 1. The summed E-state index contributed by atoms with van der Waals surface area (Å²) >= 11 is 4.87. The van der Waals surface area contributed by atoms with Gasteiger partial charge in [0.1, 0.15) is 11.8 Å². The number of ether oxygens (including phenoxy) is 1. The monoisotopic (exact) mass is 236 g/mol. The molecule has 0 bridgehead atoms. The van der Waals surface area contributed by atoms with Crippen molar-refractivity contribution in [2.24, 2.45) is 0 Å². The Bertz CT molecular complexity index is 416. The van der Waals surface area contributed by atoms with E-state index in [0.29, 0.717) is 11.5 Å². The van der Waals surface area contributed by atoms with E-state index in [1.165, 1.54) is 0 Å². The van der Waals surface area contributed by atoms with Crippen molar-refractivity contribution in [2.75, 3.05) is 7.11 Å². The number of hydrogen-bond acceptors (Lipinski definition) is 3. The Morgan fingerprint density at radius 3 is 2.56 bits per heavy atom. The van der Waals surface area contributed by atoms with Gasteiger partial charge in [-0.1, -0.05) is 12.1 Å².